The minimum atomic E-state index is -0.641. The predicted molar refractivity (Wildman–Crippen MR) is 116 cm³/mol. The summed E-state index contributed by atoms with van der Waals surface area (Å²) in [7, 11) is 0. The van der Waals surface area contributed by atoms with Gasteiger partial charge in [-0.3, -0.25) is 9.59 Å². The van der Waals surface area contributed by atoms with E-state index in [-0.39, 0.29) is 34.1 Å². The minimum Gasteiger partial charge on any atom is -0.508 e. The number of phenols is 4. The molecule has 0 atom stereocenters. The number of rotatable bonds is 6. The van der Waals surface area contributed by atoms with Gasteiger partial charge in [0.25, 0.3) is 11.8 Å². The maximum atomic E-state index is 12.0. The molecule has 0 aliphatic rings. The Morgan fingerprint density at radius 3 is 1.34 bits per heavy atom. The van der Waals surface area contributed by atoms with E-state index < -0.39 is 11.8 Å². The Hall–Kier alpha value is -4.86. The molecular formula is C22H18N4O6. The van der Waals surface area contributed by atoms with Gasteiger partial charge < -0.3 is 20.4 Å². The number of phenolic OH excluding ortho intramolecular Hbond substituents is 4. The summed E-state index contributed by atoms with van der Waals surface area (Å²) >= 11 is 0. The fraction of sp³-hybridized carbons (Fsp3) is 0. The molecule has 0 aliphatic carbocycles. The predicted octanol–water partition coefficient (Wildman–Crippen LogP) is 2.04. The Bertz CT molecular complexity index is 1110. The summed E-state index contributed by atoms with van der Waals surface area (Å²) in [6, 6.07) is 14.0. The molecule has 0 unspecified atom stereocenters. The fourth-order valence-electron chi connectivity index (χ4n) is 2.54. The maximum absolute atomic E-state index is 12.0. The van der Waals surface area contributed by atoms with Gasteiger partial charge in [0.05, 0.1) is 23.6 Å². The molecule has 0 fully saturated rings. The van der Waals surface area contributed by atoms with Crippen molar-refractivity contribution in [1.29, 1.82) is 0 Å². The molecule has 162 valence electrons. The maximum Gasteiger partial charge on any atom is 0.275 e. The Balaban J connectivity index is 1.54. The van der Waals surface area contributed by atoms with Crippen LogP contribution in [-0.4, -0.2) is 44.7 Å². The number of nitrogens with one attached hydrogen (secondary N) is 2. The Morgan fingerprint density at radius 1 is 0.625 bits per heavy atom. The van der Waals surface area contributed by atoms with Gasteiger partial charge in [-0.05, 0) is 35.4 Å². The zero-order chi connectivity index (χ0) is 23.1. The van der Waals surface area contributed by atoms with Crippen molar-refractivity contribution in [3.8, 4) is 23.0 Å². The molecule has 2 amide bonds. The van der Waals surface area contributed by atoms with Crippen molar-refractivity contribution in [1.82, 2.24) is 10.9 Å². The normalized spacial score (nSPS) is 11.0. The van der Waals surface area contributed by atoms with Crippen LogP contribution in [0.3, 0.4) is 0 Å². The molecule has 3 rings (SSSR count). The van der Waals surface area contributed by atoms with Gasteiger partial charge in [-0.1, -0.05) is 24.3 Å². The van der Waals surface area contributed by atoms with E-state index in [2.05, 4.69) is 21.1 Å². The van der Waals surface area contributed by atoms with Gasteiger partial charge in [0, 0.05) is 12.1 Å². The highest BCUT2D eigenvalue weighted by Crippen LogP contribution is 2.23. The van der Waals surface area contributed by atoms with E-state index >= 15 is 0 Å². The number of carbonyl (C=O) groups is 2. The second kappa shape index (κ2) is 9.76. The zero-order valence-corrected chi connectivity index (χ0v) is 16.4. The molecule has 0 saturated heterocycles. The van der Waals surface area contributed by atoms with E-state index in [0.717, 1.165) is 12.1 Å². The SMILES string of the molecule is O=C(NN=Cc1ccc(C=NNC(=O)c2ccc(O)cc2O)cc1)c1ccc(O)cc1O. The van der Waals surface area contributed by atoms with Gasteiger partial charge in [-0.2, -0.15) is 10.2 Å². The van der Waals surface area contributed by atoms with Crippen molar-refractivity contribution in [3.63, 3.8) is 0 Å². The van der Waals surface area contributed by atoms with Crippen LogP contribution in [0.2, 0.25) is 0 Å². The van der Waals surface area contributed by atoms with Crippen molar-refractivity contribution in [3.05, 3.63) is 82.9 Å². The van der Waals surface area contributed by atoms with Gasteiger partial charge >= 0.3 is 0 Å². The zero-order valence-electron chi connectivity index (χ0n) is 16.4. The highest BCUT2D eigenvalue weighted by atomic mass is 16.3. The van der Waals surface area contributed by atoms with Crippen LogP contribution in [0.15, 0.2) is 70.9 Å². The molecular weight excluding hydrogens is 416 g/mol. The number of hydrogen-bond donors (Lipinski definition) is 6. The molecule has 0 radical (unpaired) electrons. The topological polar surface area (TPSA) is 164 Å². The van der Waals surface area contributed by atoms with E-state index in [1.165, 1.54) is 36.7 Å². The van der Waals surface area contributed by atoms with Crippen LogP contribution >= 0.6 is 0 Å². The number of hydrogen-bond acceptors (Lipinski definition) is 8. The minimum absolute atomic E-state index is 0.0332. The number of benzene rings is 3. The summed E-state index contributed by atoms with van der Waals surface area (Å²) in [6.45, 7) is 0. The van der Waals surface area contributed by atoms with Gasteiger partial charge in [0.15, 0.2) is 0 Å². The van der Waals surface area contributed by atoms with Crippen molar-refractivity contribution < 1.29 is 30.0 Å². The van der Waals surface area contributed by atoms with Crippen molar-refractivity contribution in [2.75, 3.05) is 0 Å². The third kappa shape index (κ3) is 5.60. The smallest absolute Gasteiger partial charge is 0.275 e. The van der Waals surface area contributed by atoms with Crippen molar-refractivity contribution >= 4 is 24.2 Å². The second-order valence-electron chi connectivity index (χ2n) is 6.47. The molecule has 6 N–H and O–H groups in total. The highest BCUT2D eigenvalue weighted by Gasteiger charge is 2.11. The third-order valence-corrected chi connectivity index (χ3v) is 4.15. The van der Waals surface area contributed by atoms with Crippen LogP contribution in [0.4, 0.5) is 0 Å². The van der Waals surface area contributed by atoms with E-state index in [0.29, 0.717) is 11.1 Å². The number of hydrazone groups is 2. The van der Waals surface area contributed by atoms with Crippen LogP contribution in [0.5, 0.6) is 23.0 Å². The van der Waals surface area contributed by atoms with Crippen LogP contribution in [0.25, 0.3) is 0 Å². The average molecular weight is 434 g/mol. The summed E-state index contributed by atoms with van der Waals surface area (Å²) in [5.41, 5.74) is 5.80. The quantitative estimate of drug-likeness (QED) is 0.257. The van der Waals surface area contributed by atoms with Gasteiger partial charge in [-0.25, -0.2) is 10.9 Å². The lowest BCUT2D eigenvalue weighted by Gasteiger charge is -2.03. The Morgan fingerprint density at radius 2 is 1.00 bits per heavy atom. The standard InChI is InChI=1S/C22H18N4O6/c27-15-5-7-17(19(29)9-15)21(31)25-23-11-13-1-2-14(4-3-13)12-24-26-22(32)18-8-6-16(28)10-20(18)30/h1-12,27-30H,(H,25,31)(H,26,32). The van der Waals surface area contributed by atoms with Crippen molar-refractivity contribution in [2.45, 2.75) is 0 Å². The van der Waals surface area contributed by atoms with E-state index in [9.17, 15) is 30.0 Å². The summed E-state index contributed by atoms with van der Waals surface area (Å²) in [4.78, 5) is 24.0. The van der Waals surface area contributed by atoms with Crippen LogP contribution in [-0.2, 0) is 0 Å². The lowest BCUT2D eigenvalue weighted by Crippen LogP contribution is -2.17. The summed E-state index contributed by atoms with van der Waals surface area (Å²) in [6.07, 6.45) is 2.79. The summed E-state index contributed by atoms with van der Waals surface area (Å²) in [5, 5.41) is 45.5. The first-order valence-electron chi connectivity index (χ1n) is 9.14. The lowest BCUT2D eigenvalue weighted by molar-refractivity contribution is 0.0944. The summed E-state index contributed by atoms with van der Waals surface area (Å²) in [5.74, 6) is -2.34. The molecule has 0 bridgehead atoms. The summed E-state index contributed by atoms with van der Waals surface area (Å²) < 4.78 is 0. The molecule has 0 aromatic heterocycles. The molecule has 0 aliphatic heterocycles. The second-order valence-corrected chi connectivity index (χ2v) is 6.47. The molecule has 10 heteroatoms. The van der Waals surface area contributed by atoms with Crippen LogP contribution in [0.1, 0.15) is 31.8 Å². The Kier molecular flexibility index (Phi) is 6.66. The lowest BCUT2D eigenvalue weighted by atomic mass is 10.1. The third-order valence-electron chi connectivity index (χ3n) is 4.15. The molecule has 0 heterocycles. The Labute approximate surface area is 181 Å². The highest BCUT2D eigenvalue weighted by molar-refractivity contribution is 5.98. The first-order valence-corrected chi connectivity index (χ1v) is 9.14. The number of aromatic hydroxyl groups is 4. The molecule has 0 saturated carbocycles. The first-order chi connectivity index (χ1) is 15.3. The van der Waals surface area contributed by atoms with Gasteiger partial charge in [0.1, 0.15) is 23.0 Å². The number of amides is 2. The van der Waals surface area contributed by atoms with Gasteiger partial charge in [0.2, 0.25) is 0 Å². The van der Waals surface area contributed by atoms with Crippen LogP contribution in [0, 0.1) is 0 Å². The van der Waals surface area contributed by atoms with E-state index in [4.69, 9.17) is 0 Å². The van der Waals surface area contributed by atoms with E-state index in [1.54, 1.807) is 24.3 Å². The number of nitrogens with zero attached hydrogens (tertiary/aromatic N) is 2. The average Bonchev–Trinajstić information content (AvgIpc) is 2.74. The fourth-order valence-corrected chi connectivity index (χ4v) is 2.54. The molecule has 32 heavy (non-hydrogen) atoms. The van der Waals surface area contributed by atoms with Crippen molar-refractivity contribution in [2.24, 2.45) is 10.2 Å². The molecule has 3 aromatic carbocycles. The molecule has 0 spiro atoms. The molecule has 10 nitrogen and oxygen atoms in total. The largest absolute Gasteiger partial charge is 0.508 e. The van der Waals surface area contributed by atoms with Crippen LogP contribution < -0.4 is 10.9 Å². The van der Waals surface area contributed by atoms with Gasteiger partial charge in [-0.15, -0.1) is 0 Å². The first kappa shape index (κ1) is 21.8. The molecule has 3 aromatic rings. The monoisotopic (exact) mass is 434 g/mol. The van der Waals surface area contributed by atoms with E-state index in [1.807, 2.05) is 0 Å². The number of carbonyl (C=O) groups excluding carboxylic acids is 2.